The molecule has 0 fully saturated rings. The van der Waals surface area contributed by atoms with E-state index in [0.29, 0.717) is 28.3 Å². The molecule has 0 unspecified atom stereocenters. The number of sulfonamides is 1. The Kier molecular flexibility index (Phi) is 3.74. The van der Waals surface area contributed by atoms with E-state index in [1.165, 1.54) is 0 Å². The molecule has 0 amide bonds. The molecule has 0 atom stereocenters. The number of anilines is 1. The van der Waals surface area contributed by atoms with Crippen LogP contribution in [-0.2, 0) is 16.6 Å². The molecule has 1 aromatic heterocycles. The van der Waals surface area contributed by atoms with Crippen molar-refractivity contribution in [2.75, 3.05) is 4.72 Å². The number of aromatic amines is 1. The van der Waals surface area contributed by atoms with Gasteiger partial charge in [0.1, 0.15) is 0 Å². The lowest BCUT2D eigenvalue weighted by Crippen LogP contribution is -2.14. The summed E-state index contributed by atoms with van der Waals surface area (Å²) in [6.07, 6.45) is 0. The van der Waals surface area contributed by atoms with Crippen molar-refractivity contribution in [2.24, 2.45) is 5.73 Å². The van der Waals surface area contributed by atoms with Gasteiger partial charge >= 0.3 is 4.87 Å². The van der Waals surface area contributed by atoms with Crippen LogP contribution in [0.1, 0.15) is 11.3 Å². The van der Waals surface area contributed by atoms with Crippen LogP contribution >= 0.6 is 11.3 Å². The van der Waals surface area contributed by atoms with Crippen LogP contribution in [0.3, 0.4) is 0 Å². The van der Waals surface area contributed by atoms with Crippen molar-refractivity contribution in [3.63, 3.8) is 0 Å². The fourth-order valence-electron chi connectivity index (χ4n) is 1.64. The first-order chi connectivity index (χ1) is 8.94. The molecule has 19 heavy (non-hydrogen) atoms. The second-order valence-electron chi connectivity index (χ2n) is 3.89. The van der Waals surface area contributed by atoms with Gasteiger partial charge in [0, 0.05) is 12.2 Å². The highest BCUT2D eigenvalue weighted by Gasteiger charge is 2.21. The summed E-state index contributed by atoms with van der Waals surface area (Å²) < 4.78 is 26.8. The number of rotatable bonds is 4. The maximum Gasteiger partial charge on any atom is 0.306 e. The summed E-state index contributed by atoms with van der Waals surface area (Å²) in [7, 11) is -3.77. The summed E-state index contributed by atoms with van der Waals surface area (Å²) in [6, 6.07) is 6.86. The van der Waals surface area contributed by atoms with E-state index in [0.717, 1.165) is 0 Å². The molecule has 1 heterocycles. The predicted molar refractivity (Wildman–Crippen MR) is 74.8 cm³/mol. The number of aromatic nitrogens is 1. The second-order valence-corrected chi connectivity index (χ2v) is 6.75. The molecule has 102 valence electrons. The van der Waals surface area contributed by atoms with Crippen molar-refractivity contribution in [2.45, 2.75) is 17.7 Å². The SMILES string of the molecule is Cc1[nH]c(=O)sc1S(=O)(=O)Nc1ccccc1CN. The first-order valence-corrected chi connectivity index (χ1v) is 7.74. The van der Waals surface area contributed by atoms with Gasteiger partial charge in [0.2, 0.25) is 0 Å². The number of benzene rings is 1. The van der Waals surface area contributed by atoms with Crippen LogP contribution in [0.2, 0.25) is 0 Å². The number of aryl methyl sites for hydroxylation is 1. The third-order valence-electron chi connectivity index (χ3n) is 2.51. The Labute approximate surface area is 114 Å². The van der Waals surface area contributed by atoms with Crippen LogP contribution < -0.4 is 15.3 Å². The predicted octanol–water partition coefficient (Wildman–Crippen LogP) is 1.00. The van der Waals surface area contributed by atoms with Crippen molar-refractivity contribution in [3.8, 4) is 0 Å². The average molecular weight is 299 g/mol. The third kappa shape index (κ3) is 2.86. The molecule has 2 rings (SSSR count). The van der Waals surface area contributed by atoms with Gasteiger partial charge in [-0.3, -0.25) is 9.52 Å². The molecule has 0 aliphatic heterocycles. The fraction of sp³-hybridized carbons (Fsp3) is 0.182. The van der Waals surface area contributed by atoms with E-state index in [-0.39, 0.29) is 10.8 Å². The number of nitrogens with two attached hydrogens (primary N) is 1. The Hall–Kier alpha value is -1.64. The van der Waals surface area contributed by atoms with Crippen LogP contribution in [0.25, 0.3) is 0 Å². The molecule has 4 N–H and O–H groups in total. The molecule has 0 radical (unpaired) electrons. The normalized spacial score (nSPS) is 11.5. The highest BCUT2D eigenvalue weighted by atomic mass is 32.2. The van der Waals surface area contributed by atoms with Crippen LogP contribution in [0, 0.1) is 6.92 Å². The van der Waals surface area contributed by atoms with Crippen molar-refractivity contribution in [1.29, 1.82) is 0 Å². The summed E-state index contributed by atoms with van der Waals surface area (Å²) in [5.74, 6) is 0. The number of hydrogen-bond acceptors (Lipinski definition) is 5. The van der Waals surface area contributed by atoms with Crippen molar-refractivity contribution in [1.82, 2.24) is 4.98 Å². The van der Waals surface area contributed by atoms with Crippen molar-refractivity contribution >= 4 is 27.0 Å². The summed E-state index contributed by atoms with van der Waals surface area (Å²) >= 11 is 0.661. The maximum atomic E-state index is 12.2. The maximum absolute atomic E-state index is 12.2. The van der Waals surface area contributed by atoms with Crippen LogP contribution in [0.15, 0.2) is 33.3 Å². The second kappa shape index (κ2) is 5.16. The zero-order chi connectivity index (χ0) is 14.0. The fourth-order valence-corrected chi connectivity index (χ4v) is 4.04. The minimum atomic E-state index is -3.77. The van der Waals surface area contributed by atoms with Gasteiger partial charge in [-0.25, -0.2) is 8.42 Å². The number of thiazole rings is 1. The van der Waals surface area contributed by atoms with Gasteiger partial charge in [0.15, 0.2) is 4.21 Å². The van der Waals surface area contributed by atoms with E-state index in [4.69, 9.17) is 5.73 Å². The summed E-state index contributed by atoms with van der Waals surface area (Å²) in [4.78, 5) is 13.2. The zero-order valence-corrected chi connectivity index (χ0v) is 11.8. The Morgan fingerprint density at radius 1 is 1.37 bits per heavy atom. The quantitative estimate of drug-likeness (QED) is 0.783. The minimum absolute atomic E-state index is 0.00988. The minimum Gasteiger partial charge on any atom is -0.326 e. The molecule has 0 spiro atoms. The summed E-state index contributed by atoms with van der Waals surface area (Å²) in [5, 5.41) is 0. The molecule has 2 aromatic rings. The third-order valence-corrected chi connectivity index (χ3v) is 5.48. The van der Waals surface area contributed by atoms with Gasteiger partial charge in [-0.15, -0.1) is 0 Å². The lowest BCUT2D eigenvalue weighted by atomic mass is 10.2. The van der Waals surface area contributed by atoms with Gasteiger partial charge in [-0.05, 0) is 18.6 Å². The Balaban J connectivity index is 2.42. The zero-order valence-electron chi connectivity index (χ0n) is 10.1. The molecule has 1 aromatic carbocycles. The topological polar surface area (TPSA) is 105 Å². The van der Waals surface area contributed by atoms with E-state index in [1.807, 2.05) is 0 Å². The highest BCUT2D eigenvalue weighted by Crippen LogP contribution is 2.22. The van der Waals surface area contributed by atoms with E-state index in [9.17, 15) is 13.2 Å². The lowest BCUT2D eigenvalue weighted by Gasteiger charge is -2.10. The monoisotopic (exact) mass is 299 g/mol. The molecule has 0 saturated carbocycles. The Morgan fingerprint density at radius 3 is 2.63 bits per heavy atom. The van der Waals surface area contributed by atoms with Gasteiger partial charge in [-0.2, -0.15) is 0 Å². The largest absolute Gasteiger partial charge is 0.326 e. The van der Waals surface area contributed by atoms with Gasteiger partial charge in [0.05, 0.1) is 5.69 Å². The number of hydrogen-bond donors (Lipinski definition) is 3. The van der Waals surface area contributed by atoms with E-state index >= 15 is 0 Å². The number of para-hydroxylation sites is 1. The molecule has 6 nitrogen and oxygen atoms in total. The smallest absolute Gasteiger partial charge is 0.306 e. The molecule has 0 bridgehead atoms. The molecule has 0 saturated heterocycles. The lowest BCUT2D eigenvalue weighted by molar-refractivity contribution is 0.602. The molecular formula is C11H13N3O3S2. The van der Waals surface area contributed by atoms with Crippen molar-refractivity contribution in [3.05, 3.63) is 45.2 Å². The van der Waals surface area contributed by atoms with Gasteiger partial charge in [0.25, 0.3) is 10.0 Å². The Bertz CT molecular complexity index is 747. The highest BCUT2D eigenvalue weighted by molar-refractivity contribution is 7.94. The average Bonchev–Trinajstić information content (AvgIpc) is 2.69. The Morgan fingerprint density at radius 2 is 2.05 bits per heavy atom. The van der Waals surface area contributed by atoms with E-state index in [1.54, 1.807) is 31.2 Å². The molecule has 0 aliphatic carbocycles. The van der Waals surface area contributed by atoms with E-state index in [2.05, 4.69) is 9.71 Å². The van der Waals surface area contributed by atoms with Crippen LogP contribution in [-0.4, -0.2) is 13.4 Å². The van der Waals surface area contributed by atoms with Gasteiger partial charge in [-0.1, -0.05) is 29.5 Å². The molecule has 8 heteroatoms. The summed E-state index contributed by atoms with van der Waals surface area (Å²) in [5.41, 5.74) is 6.99. The number of H-pyrrole nitrogens is 1. The van der Waals surface area contributed by atoms with Crippen LogP contribution in [0.5, 0.6) is 0 Å². The standard InChI is InChI=1S/C11H13N3O3S2/c1-7-10(18-11(15)13-7)19(16,17)14-9-5-3-2-4-8(9)6-12/h2-5,14H,6,12H2,1H3,(H,13,15). The van der Waals surface area contributed by atoms with Gasteiger partial charge < -0.3 is 10.7 Å². The first kappa shape index (κ1) is 13.8. The van der Waals surface area contributed by atoms with Crippen molar-refractivity contribution < 1.29 is 8.42 Å². The van der Waals surface area contributed by atoms with E-state index < -0.39 is 14.9 Å². The van der Waals surface area contributed by atoms with Crippen LogP contribution in [0.4, 0.5) is 5.69 Å². The first-order valence-electron chi connectivity index (χ1n) is 5.44. The summed E-state index contributed by atoms with van der Waals surface area (Å²) in [6.45, 7) is 1.77. The molecular weight excluding hydrogens is 286 g/mol. The molecule has 0 aliphatic rings. The number of nitrogens with one attached hydrogen (secondary N) is 2.